The van der Waals surface area contributed by atoms with Gasteiger partial charge in [-0.15, -0.1) is 0 Å². The summed E-state index contributed by atoms with van der Waals surface area (Å²) in [5.41, 5.74) is 0.781. The molecule has 0 amide bonds. The highest BCUT2D eigenvalue weighted by Gasteiger charge is 3.01. The van der Waals surface area contributed by atoms with Gasteiger partial charge in [0.1, 0.15) is 11.2 Å². The van der Waals surface area contributed by atoms with E-state index in [9.17, 15) is 9.59 Å². The highest BCUT2D eigenvalue weighted by molar-refractivity contribution is 6.87. The lowest BCUT2D eigenvalue weighted by molar-refractivity contribution is -0.140. The van der Waals surface area contributed by atoms with Gasteiger partial charge in [0.15, 0.2) is 0 Å². The van der Waals surface area contributed by atoms with Crippen LogP contribution in [0.3, 0.4) is 0 Å². The molecule has 4 bridgehead atoms. The molecule has 0 aromatic heterocycles. The second kappa shape index (κ2) is 5.17. The fraction of sp³-hybridized carbons (Fsp3) is 0.727. The van der Waals surface area contributed by atoms with E-state index in [1.54, 1.807) is 0 Å². The van der Waals surface area contributed by atoms with Crippen LogP contribution in [0, 0.1) is 17.8 Å². The van der Waals surface area contributed by atoms with Gasteiger partial charge in [0.2, 0.25) is 0 Å². The van der Waals surface area contributed by atoms with Crippen molar-refractivity contribution in [2.24, 2.45) is 17.8 Å². The number of epoxide rings is 1. The van der Waals surface area contributed by atoms with E-state index in [-0.39, 0.29) is 34.6 Å². The summed E-state index contributed by atoms with van der Waals surface area (Å²) >= 11 is 0. The van der Waals surface area contributed by atoms with Crippen molar-refractivity contribution >= 4 is 28.1 Å². The Hall–Kier alpha value is -1.19. The molecule has 7 heteroatoms. The second-order valence-electron chi connectivity index (χ2n) is 11.6. The average molecular weight is 433 g/mol. The van der Waals surface area contributed by atoms with Crippen LogP contribution >= 0.6 is 0 Å². The molecule has 2 saturated carbocycles. The maximum Gasteiger partial charge on any atom is 0.334 e. The van der Waals surface area contributed by atoms with Crippen molar-refractivity contribution in [2.75, 3.05) is 14.2 Å². The van der Waals surface area contributed by atoms with E-state index in [0.717, 1.165) is 6.42 Å². The second-order valence-corrected chi connectivity index (χ2v) is 22.3. The van der Waals surface area contributed by atoms with E-state index < -0.39 is 21.2 Å². The molecule has 1 heterocycles. The molecule has 0 spiro atoms. The van der Waals surface area contributed by atoms with E-state index in [1.165, 1.54) is 14.2 Å². The predicted molar refractivity (Wildman–Crippen MR) is 115 cm³/mol. The minimum absolute atomic E-state index is 0.0672. The summed E-state index contributed by atoms with van der Waals surface area (Å²) in [6.45, 7) is 14.2. The number of hydrogen-bond acceptors (Lipinski definition) is 5. The smallest absolute Gasteiger partial charge is 0.334 e. The SMILES string of the molecule is COC(=O)C1=C(C(=O)OC)[C@]2([Si](C)(C)C)C([Si](C)(C)C)C1C13OC12C1C=CC3C1. The van der Waals surface area contributed by atoms with E-state index in [1.807, 2.05) is 0 Å². The Morgan fingerprint density at radius 3 is 2.10 bits per heavy atom. The van der Waals surface area contributed by atoms with E-state index in [0.29, 0.717) is 23.0 Å². The van der Waals surface area contributed by atoms with Crippen LogP contribution in [0.1, 0.15) is 6.42 Å². The lowest BCUT2D eigenvalue weighted by Crippen LogP contribution is -2.57. The molecular weight excluding hydrogens is 400 g/mol. The van der Waals surface area contributed by atoms with Crippen molar-refractivity contribution in [3.05, 3.63) is 23.3 Å². The third-order valence-electron chi connectivity index (χ3n) is 8.76. The van der Waals surface area contributed by atoms with Crippen molar-refractivity contribution in [1.29, 1.82) is 0 Å². The molecule has 6 unspecified atom stereocenters. The molecule has 1 saturated heterocycles. The normalized spacial score (nSPS) is 46.1. The predicted octanol–water partition coefficient (Wildman–Crippen LogP) is 3.77. The zero-order valence-electron chi connectivity index (χ0n) is 18.7. The molecule has 158 valence electrons. The number of rotatable bonds is 4. The van der Waals surface area contributed by atoms with Crippen LogP contribution in [0.2, 0.25) is 49.9 Å². The molecule has 1 aliphatic heterocycles. The number of esters is 2. The molecule has 0 aromatic carbocycles. The fourth-order valence-corrected chi connectivity index (χ4v) is 17.9. The Balaban J connectivity index is 1.92. The third-order valence-corrected chi connectivity index (χ3v) is 15.0. The fourth-order valence-electron chi connectivity index (χ4n) is 8.56. The van der Waals surface area contributed by atoms with Gasteiger partial charge in [-0.1, -0.05) is 51.4 Å². The molecule has 5 nitrogen and oxygen atoms in total. The van der Waals surface area contributed by atoms with E-state index in [2.05, 4.69) is 51.4 Å². The van der Waals surface area contributed by atoms with Crippen molar-refractivity contribution in [2.45, 2.75) is 67.5 Å². The van der Waals surface area contributed by atoms with Gasteiger partial charge in [-0.25, -0.2) is 9.59 Å². The molecule has 5 aliphatic rings. The molecule has 29 heavy (non-hydrogen) atoms. The quantitative estimate of drug-likeness (QED) is 0.293. The number of methoxy groups -OCH3 is 2. The first-order valence-electron chi connectivity index (χ1n) is 10.7. The summed E-state index contributed by atoms with van der Waals surface area (Å²) < 4.78 is 17.5. The van der Waals surface area contributed by atoms with Crippen LogP contribution in [0.5, 0.6) is 0 Å². The first kappa shape index (κ1) is 19.8. The molecule has 0 aromatic rings. The van der Waals surface area contributed by atoms with Crippen molar-refractivity contribution in [1.82, 2.24) is 0 Å². The summed E-state index contributed by atoms with van der Waals surface area (Å²) in [5, 5.41) is -0.421. The molecular formula is C22H32O5Si2. The minimum atomic E-state index is -2.10. The minimum Gasteiger partial charge on any atom is -0.466 e. The largest absolute Gasteiger partial charge is 0.466 e. The van der Waals surface area contributed by atoms with Gasteiger partial charge in [0, 0.05) is 30.9 Å². The Bertz CT molecular complexity index is 909. The van der Waals surface area contributed by atoms with Crippen LogP contribution in [-0.4, -0.2) is 53.5 Å². The zero-order chi connectivity index (χ0) is 21.4. The highest BCUT2D eigenvalue weighted by Crippen LogP contribution is 2.96. The molecule has 0 N–H and O–H groups in total. The molecule has 5 rings (SSSR count). The Kier molecular flexibility index (Phi) is 3.52. The Morgan fingerprint density at radius 1 is 1.00 bits per heavy atom. The van der Waals surface area contributed by atoms with Gasteiger partial charge in [0.05, 0.1) is 33.4 Å². The van der Waals surface area contributed by atoms with Crippen LogP contribution in [-0.2, 0) is 23.8 Å². The van der Waals surface area contributed by atoms with E-state index >= 15 is 0 Å². The number of carbonyl (C=O) groups is 2. The van der Waals surface area contributed by atoms with Crippen LogP contribution in [0.25, 0.3) is 0 Å². The van der Waals surface area contributed by atoms with Crippen LogP contribution < -0.4 is 0 Å². The monoisotopic (exact) mass is 432 g/mol. The first-order valence-corrected chi connectivity index (χ1v) is 17.8. The number of ether oxygens (including phenoxy) is 3. The van der Waals surface area contributed by atoms with Gasteiger partial charge >= 0.3 is 11.9 Å². The summed E-state index contributed by atoms with van der Waals surface area (Å²) in [7, 11) is -1.07. The summed E-state index contributed by atoms with van der Waals surface area (Å²) in [4.78, 5) is 26.6. The molecule has 4 aliphatic carbocycles. The maximum absolute atomic E-state index is 13.4. The van der Waals surface area contributed by atoms with Crippen molar-refractivity contribution in [3.63, 3.8) is 0 Å². The third kappa shape index (κ3) is 1.69. The topological polar surface area (TPSA) is 65.1 Å². The Morgan fingerprint density at radius 2 is 1.59 bits per heavy atom. The lowest BCUT2D eigenvalue weighted by atomic mass is 9.70. The summed E-state index contributed by atoms with van der Waals surface area (Å²) in [5.74, 6) is -0.148. The maximum atomic E-state index is 13.4. The van der Waals surface area contributed by atoms with Crippen LogP contribution in [0.4, 0.5) is 0 Å². The summed E-state index contributed by atoms with van der Waals surface area (Å²) in [6.07, 6.45) is 5.71. The first-order chi connectivity index (χ1) is 13.4. The van der Waals surface area contributed by atoms with Gasteiger partial charge in [-0.2, -0.15) is 0 Å². The van der Waals surface area contributed by atoms with Crippen molar-refractivity contribution in [3.8, 4) is 0 Å². The van der Waals surface area contributed by atoms with Crippen LogP contribution in [0.15, 0.2) is 23.3 Å². The standard InChI is InChI=1S/C22H32O5Si2/c1-25-18(23)14-15-17(28(3,4)5)21(29(6,7)8,16(14)19(24)26-2)22-13-10-9-12(11-13)20(15,22)27-22/h9-10,12-13,15,17H,11H2,1-8H3/t12?,13?,15?,17?,20?,21-,22?/m0/s1. The summed E-state index contributed by atoms with van der Waals surface area (Å²) in [6, 6.07) is 0. The lowest BCUT2D eigenvalue weighted by Gasteiger charge is -2.53. The van der Waals surface area contributed by atoms with Gasteiger partial charge < -0.3 is 14.2 Å². The number of fused-ring (bicyclic) bond motifs is 4. The molecule has 7 atom stereocenters. The van der Waals surface area contributed by atoms with E-state index in [4.69, 9.17) is 14.2 Å². The number of hydrogen-bond donors (Lipinski definition) is 0. The van der Waals surface area contributed by atoms with Gasteiger partial charge in [-0.05, 0) is 12.0 Å². The van der Waals surface area contributed by atoms with Gasteiger partial charge in [-0.3, -0.25) is 0 Å². The molecule has 0 radical (unpaired) electrons. The van der Waals surface area contributed by atoms with Gasteiger partial charge in [0.25, 0.3) is 0 Å². The molecule has 3 fully saturated rings. The Labute approximate surface area is 174 Å². The average Bonchev–Trinajstić information content (AvgIpc) is 2.95. The highest BCUT2D eigenvalue weighted by atomic mass is 28.3. The zero-order valence-corrected chi connectivity index (χ0v) is 20.7. The number of carbonyl (C=O) groups excluding carboxylic acids is 2. The van der Waals surface area contributed by atoms with Crippen molar-refractivity contribution < 1.29 is 23.8 Å².